The highest BCUT2D eigenvalue weighted by molar-refractivity contribution is 5.89. The molecular formula is C26H26FNO4. The number of para-hydroxylation sites is 1. The fraction of sp³-hybridized carbons (Fsp3) is 0.269. The van der Waals surface area contributed by atoms with Crippen LogP contribution in [0, 0.1) is 12.7 Å². The maximum Gasteiger partial charge on any atom is 0.266 e. The Morgan fingerprint density at radius 3 is 2.41 bits per heavy atom. The first-order chi connectivity index (χ1) is 15.5. The molecule has 1 saturated heterocycles. The fourth-order valence-corrected chi connectivity index (χ4v) is 4.04. The summed E-state index contributed by atoms with van der Waals surface area (Å²) in [5.41, 5.74) is 2.68. The van der Waals surface area contributed by atoms with Crippen LogP contribution in [0.2, 0.25) is 0 Å². The molecule has 166 valence electrons. The highest BCUT2D eigenvalue weighted by Crippen LogP contribution is 2.39. The second-order valence-corrected chi connectivity index (χ2v) is 7.77. The lowest BCUT2D eigenvalue weighted by molar-refractivity contribution is -0.164. The van der Waals surface area contributed by atoms with E-state index < -0.39 is 6.10 Å². The molecule has 0 aromatic heterocycles. The van der Waals surface area contributed by atoms with Crippen LogP contribution in [-0.2, 0) is 11.2 Å². The van der Waals surface area contributed by atoms with Gasteiger partial charge in [-0.15, -0.1) is 0 Å². The van der Waals surface area contributed by atoms with Crippen molar-refractivity contribution in [2.75, 3.05) is 20.8 Å². The van der Waals surface area contributed by atoms with E-state index in [9.17, 15) is 9.18 Å². The molecule has 1 heterocycles. The van der Waals surface area contributed by atoms with Gasteiger partial charge in [0, 0.05) is 6.54 Å². The number of likely N-dealkylation sites (tertiary alicyclic amines) is 1. The van der Waals surface area contributed by atoms with Crippen molar-refractivity contribution in [1.29, 1.82) is 0 Å². The zero-order valence-electron chi connectivity index (χ0n) is 18.4. The summed E-state index contributed by atoms with van der Waals surface area (Å²) in [6, 6.07) is 19.3. The van der Waals surface area contributed by atoms with Crippen LogP contribution >= 0.6 is 0 Å². The Labute approximate surface area is 187 Å². The Morgan fingerprint density at radius 1 is 0.906 bits per heavy atom. The van der Waals surface area contributed by atoms with E-state index in [0.29, 0.717) is 30.2 Å². The molecule has 0 unspecified atom stereocenters. The summed E-state index contributed by atoms with van der Waals surface area (Å²) in [5, 5.41) is 0. The number of ether oxygens (including phenoxy) is 3. The molecule has 1 aliphatic heterocycles. The van der Waals surface area contributed by atoms with Crippen LogP contribution in [0.5, 0.6) is 17.2 Å². The predicted molar refractivity (Wildman–Crippen MR) is 120 cm³/mol. The van der Waals surface area contributed by atoms with E-state index >= 15 is 0 Å². The Balaban J connectivity index is 1.55. The molecule has 3 aromatic carbocycles. The largest absolute Gasteiger partial charge is 0.493 e. The van der Waals surface area contributed by atoms with E-state index in [1.807, 2.05) is 55.5 Å². The van der Waals surface area contributed by atoms with E-state index in [2.05, 4.69) is 0 Å². The number of carbonyl (C=O) groups is 1. The van der Waals surface area contributed by atoms with Crippen molar-refractivity contribution in [3.05, 3.63) is 89.2 Å². The number of amides is 1. The SMILES string of the molecule is COc1ccc(CCN2C(=O)[C@H](Oc3ccccc3C)[C@H]2c2cccc(F)c2)cc1OC. The number of rotatable bonds is 8. The Hall–Kier alpha value is -3.54. The first-order valence-electron chi connectivity index (χ1n) is 10.5. The quantitative estimate of drug-likeness (QED) is 0.480. The Morgan fingerprint density at radius 2 is 1.69 bits per heavy atom. The minimum Gasteiger partial charge on any atom is -0.493 e. The number of β-lactam (4-membered cyclic amide) rings is 1. The van der Waals surface area contributed by atoms with Gasteiger partial charge >= 0.3 is 0 Å². The summed E-state index contributed by atoms with van der Waals surface area (Å²) in [6.07, 6.45) is -0.0714. The molecule has 2 atom stereocenters. The van der Waals surface area contributed by atoms with Gasteiger partial charge in [0.1, 0.15) is 17.6 Å². The molecule has 0 N–H and O–H groups in total. The van der Waals surface area contributed by atoms with Crippen LogP contribution in [0.25, 0.3) is 0 Å². The van der Waals surface area contributed by atoms with Gasteiger partial charge in [-0.3, -0.25) is 4.79 Å². The Bertz CT molecular complexity index is 1120. The third-order valence-corrected chi connectivity index (χ3v) is 5.78. The topological polar surface area (TPSA) is 48.0 Å². The molecule has 3 aromatic rings. The van der Waals surface area contributed by atoms with Gasteiger partial charge in [-0.1, -0.05) is 36.4 Å². The van der Waals surface area contributed by atoms with Gasteiger partial charge in [0.05, 0.1) is 14.2 Å². The van der Waals surface area contributed by atoms with Gasteiger partial charge in [-0.25, -0.2) is 4.39 Å². The molecule has 0 aliphatic carbocycles. The molecule has 6 heteroatoms. The number of hydrogen-bond acceptors (Lipinski definition) is 4. The summed E-state index contributed by atoms with van der Waals surface area (Å²) in [7, 11) is 3.18. The molecule has 1 aliphatic rings. The zero-order chi connectivity index (χ0) is 22.7. The summed E-state index contributed by atoms with van der Waals surface area (Å²) in [6.45, 7) is 2.41. The number of carbonyl (C=O) groups excluding carboxylic acids is 1. The summed E-state index contributed by atoms with van der Waals surface area (Å²) in [5.74, 6) is 1.51. The van der Waals surface area contributed by atoms with Crippen LogP contribution < -0.4 is 14.2 Å². The van der Waals surface area contributed by atoms with Gasteiger partial charge in [-0.2, -0.15) is 0 Å². The number of methoxy groups -OCH3 is 2. The predicted octanol–water partition coefficient (Wildman–Crippen LogP) is 4.72. The molecule has 0 bridgehead atoms. The first kappa shape index (κ1) is 21.7. The molecule has 1 fully saturated rings. The maximum absolute atomic E-state index is 14.0. The zero-order valence-corrected chi connectivity index (χ0v) is 18.4. The Kier molecular flexibility index (Phi) is 6.30. The van der Waals surface area contributed by atoms with Crippen molar-refractivity contribution >= 4 is 5.91 Å². The van der Waals surface area contributed by atoms with E-state index in [1.54, 1.807) is 25.2 Å². The monoisotopic (exact) mass is 435 g/mol. The lowest BCUT2D eigenvalue weighted by Gasteiger charge is -2.47. The fourth-order valence-electron chi connectivity index (χ4n) is 4.04. The molecular weight excluding hydrogens is 409 g/mol. The molecule has 1 amide bonds. The van der Waals surface area contributed by atoms with Crippen molar-refractivity contribution < 1.29 is 23.4 Å². The van der Waals surface area contributed by atoms with E-state index in [4.69, 9.17) is 14.2 Å². The molecule has 0 spiro atoms. The average Bonchev–Trinajstić information content (AvgIpc) is 2.81. The van der Waals surface area contributed by atoms with Gasteiger partial charge in [0.2, 0.25) is 6.10 Å². The number of halogens is 1. The lowest BCUT2D eigenvalue weighted by atomic mass is 9.89. The second kappa shape index (κ2) is 9.30. The van der Waals surface area contributed by atoms with Gasteiger partial charge in [0.15, 0.2) is 11.5 Å². The molecule has 4 rings (SSSR count). The van der Waals surface area contributed by atoms with Crippen LogP contribution in [-0.4, -0.2) is 37.7 Å². The van der Waals surface area contributed by atoms with E-state index in [-0.39, 0.29) is 17.8 Å². The van der Waals surface area contributed by atoms with Crippen molar-refractivity contribution in [2.45, 2.75) is 25.5 Å². The first-order valence-corrected chi connectivity index (χ1v) is 10.5. The highest BCUT2D eigenvalue weighted by Gasteiger charge is 2.50. The third kappa shape index (κ3) is 4.26. The van der Waals surface area contributed by atoms with E-state index in [0.717, 1.165) is 16.7 Å². The standard InChI is InChI=1S/C26H26FNO4/c1-17-7-4-5-10-21(17)32-25-24(19-8-6-9-20(27)16-19)28(26(25)29)14-13-18-11-12-22(30-2)23(15-18)31-3/h4-12,15-16,24-25H,13-14H2,1-3H3/t24-,25-/m1/s1. The number of hydrogen-bond donors (Lipinski definition) is 0. The summed E-state index contributed by atoms with van der Waals surface area (Å²) in [4.78, 5) is 14.8. The molecule has 5 nitrogen and oxygen atoms in total. The minimum atomic E-state index is -0.691. The van der Waals surface area contributed by atoms with Crippen molar-refractivity contribution in [2.24, 2.45) is 0 Å². The molecule has 0 saturated carbocycles. The summed E-state index contributed by atoms with van der Waals surface area (Å²) >= 11 is 0. The number of aryl methyl sites for hydroxylation is 1. The highest BCUT2D eigenvalue weighted by atomic mass is 19.1. The van der Waals surface area contributed by atoms with E-state index in [1.165, 1.54) is 12.1 Å². The molecule has 0 radical (unpaired) electrons. The smallest absolute Gasteiger partial charge is 0.266 e. The third-order valence-electron chi connectivity index (χ3n) is 5.78. The van der Waals surface area contributed by atoms with Crippen molar-refractivity contribution in [3.8, 4) is 17.2 Å². The maximum atomic E-state index is 14.0. The normalized spacial score (nSPS) is 17.6. The van der Waals surface area contributed by atoms with Crippen LogP contribution in [0.3, 0.4) is 0 Å². The second-order valence-electron chi connectivity index (χ2n) is 7.77. The molecule has 32 heavy (non-hydrogen) atoms. The van der Waals surface area contributed by atoms with Gasteiger partial charge < -0.3 is 19.1 Å². The summed E-state index contributed by atoms with van der Waals surface area (Å²) < 4.78 is 30.7. The number of nitrogens with zero attached hydrogens (tertiary/aromatic N) is 1. The van der Waals surface area contributed by atoms with Gasteiger partial charge in [0.25, 0.3) is 5.91 Å². The van der Waals surface area contributed by atoms with Gasteiger partial charge in [-0.05, 0) is 60.4 Å². The average molecular weight is 435 g/mol. The van der Waals surface area contributed by atoms with Crippen LogP contribution in [0.4, 0.5) is 4.39 Å². The number of benzene rings is 3. The van der Waals surface area contributed by atoms with Crippen LogP contribution in [0.1, 0.15) is 22.7 Å². The van der Waals surface area contributed by atoms with Crippen LogP contribution in [0.15, 0.2) is 66.7 Å². The van der Waals surface area contributed by atoms with Crippen molar-refractivity contribution in [3.63, 3.8) is 0 Å². The van der Waals surface area contributed by atoms with Crippen molar-refractivity contribution in [1.82, 2.24) is 4.90 Å². The minimum absolute atomic E-state index is 0.108. The lowest BCUT2D eigenvalue weighted by Crippen LogP contribution is -2.61.